The van der Waals surface area contributed by atoms with Gasteiger partial charge in [0.1, 0.15) is 0 Å². The van der Waals surface area contributed by atoms with Gasteiger partial charge in [-0.25, -0.2) is 0 Å². The van der Waals surface area contributed by atoms with Crippen molar-refractivity contribution in [2.45, 2.75) is 38.2 Å². The molecule has 3 unspecified atom stereocenters. The minimum atomic E-state index is -0.136. The maximum absolute atomic E-state index is 10.2. The highest BCUT2D eigenvalue weighted by atomic mass is 35.5. The summed E-state index contributed by atoms with van der Waals surface area (Å²) >= 11 is 7.50. The highest BCUT2D eigenvalue weighted by Crippen LogP contribution is 2.57. The smallest absolute Gasteiger partial charge is 0.0931 e. The molecule has 3 atom stereocenters. The number of aliphatic hydroxyl groups excluding tert-OH is 1. The van der Waals surface area contributed by atoms with Gasteiger partial charge in [-0.1, -0.05) is 24.4 Å². The van der Waals surface area contributed by atoms with Crippen molar-refractivity contribution in [2.24, 2.45) is 17.8 Å². The van der Waals surface area contributed by atoms with Crippen LogP contribution in [0.25, 0.3) is 0 Å². The van der Waals surface area contributed by atoms with Crippen LogP contribution in [0.1, 0.15) is 30.6 Å². The number of thiophene rings is 1. The molecule has 0 saturated heterocycles. The second kappa shape index (κ2) is 4.32. The maximum Gasteiger partial charge on any atom is 0.0931 e. The predicted octanol–water partition coefficient (Wildman–Crippen LogP) is 3.74. The van der Waals surface area contributed by atoms with Crippen LogP contribution in [0.2, 0.25) is 4.34 Å². The van der Waals surface area contributed by atoms with Crippen LogP contribution in [0.15, 0.2) is 12.1 Å². The lowest BCUT2D eigenvalue weighted by Crippen LogP contribution is -2.14. The van der Waals surface area contributed by atoms with Crippen LogP contribution < -0.4 is 0 Å². The minimum absolute atomic E-state index is 0.136. The zero-order chi connectivity index (χ0) is 11.1. The van der Waals surface area contributed by atoms with Crippen LogP contribution in [0.5, 0.6) is 0 Å². The summed E-state index contributed by atoms with van der Waals surface area (Å²) in [5, 5.41) is 10.2. The highest BCUT2D eigenvalue weighted by molar-refractivity contribution is 7.16. The molecule has 0 aliphatic heterocycles. The maximum atomic E-state index is 10.2. The molecule has 1 aromatic heterocycles. The summed E-state index contributed by atoms with van der Waals surface area (Å²) in [5.74, 6) is 2.25. The van der Waals surface area contributed by atoms with E-state index in [1.807, 2.05) is 12.1 Å². The first-order valence-corrected chi connectivity index (χ1v) is 7.37. The van der Waals surface area contributed by atoms with Gasteiger partial charge in [-0.05, 0) is 42.7 Å². The standard InChI is InChI=1S/C13H17ClOS/c14-12-6-5-8(16-12)7-11(15)13-9-3-1-2-4-10(9)13/h5-6,9-11,13,15H,1-4,7H2. The molecule has 0 aromatic carbocycles. The van der Waals surface area contributed by atoms with Crippen molar-refractivity contribution in [3.63, 3.8) is 0 Å². The molecule has 3 rings (SSSR count). The molecule has 0 bridgehead atoms. The molecule has 0 spiro atoms. The van der Waals surface area contributed by atoms with Crippen LogP contribution >= 0.6 is 22.9 Å². The van der Waals surface area contributed by atoms with E-state index >= 15 is 0 Å². The fourth-order valence-electron chi connectivity index (χ4n) is 3.42. The Morgan fingerprint density at radius 2 is 2.00 bits per heavy atom. The van der Waals surface area contributed by atoms with Crippen LogP contribution in [-0.2, 0) is 6.42 Å². The van der Waals surface area contributed by atoms with Crippen molar-refractivity contribution in [3.05, 3.63) is 21.3 Å². The zero-order valence-electron chi connectivity index (χ0n) is 9.23. The zero-order valence-corrected chi connectivity index (χ0v) is 10.8. The third kappa shape index (κ3) is 2.03. The molecule has 1 heterocycles. The SMILES string of the molecule is OC(Cc1ccc(Cl)s1)C1C2CCCCC21. The summed E-state index contributed by atoms with van der Waals surface area (Å²) in [4.78, 5) is 1.22. The van der Waals surface area contributed by atoms with E-state index < -0.39 is 0 Å². The number of rotatable bonds is 3. The van der Waals surface area contributed by atoms with Gasteiger partial charge < -0.3 is 5.11 Å². The second-order valence-corrected chi connectivity index (χ2v) is 6.97. The minimum Gasteiger partial charge on any atom is -0.392 e. The summed E-state index contributed by atoms with van der Waals surface area (Å²) in [6, 6.07) is 3.97. The molecule has 2 saturated carbocycles. The van der Waals surface area contributed by atoms with E-state index in [1.165, 1.54) is 30.6 Å². The van der Waals surface area contributed by atoms with Crippen LogP contribution in [0.4, 0.5) is 0 Å². The molecule has 1 nitrogen and oxygen atoms in total. The van der Waals surface area contributed by atoms with Gasteiger partial charge in [0.05, 0.1) is 10.4 Å². The summed E-state index contributed by atoms with van der Waals surface area (Å²) < 4.78 is 0.829. The first-order valence-electron chi connectivity index (χ1n) is 6.18. The normalized spacial score (nSPS) is 34.5. The fourth-order valence-corrected chi connectivity index (χ4v) is 4.56. The number of halogens is 1. The van der Waals surface area contributed by atoms with Gasteiger partial charge in [-0.3, -0.25) is 0 Å². The Bertz CT molecular complexity index is 364. The molecule has 2 aliphatic rings. The Morgan fingerprint density at radius 1 is 1.31 bits per heavy atom. The van der Waals surface area contributed by atoms with Crippen molar-refractivity contribution in [1.82, 2.24) is 0 Å². The number of fused-ring (bicyclic) bond motifs is 1. The van der Waals surface area contributed by atoms with Crippen LogP contribution in [0.3, 0.4) is 0 Å². The summed E-state index contributed by atoms with van der Waals surface area (Å²) in [6.07, 6.45) is 6.09. The van der Waals surface area contributed by atoms with Crippen LogP contribution in [-0.4, -0.2) is 11.2 Å². The van der Waals surface area contributed by atoms with E-state index in [4.69, 9.17) is 11.6 Å². The molecule has 88 valence electrons. The van der Waals surface area contributed by atoms with Gasteiger partial charge in [0, 0.05) is 11.3 Å². The Hall–Kier alpha value is -0.0500. The van der Waals surface area contributed by atoms with Gasteiger partial charge in [-0.2, -0.15) is 0 Å². The molecular weight excluding hydrogens is 240 g/mol. The number of aliphatic hydroxyl groups is 1. The lowest BCUT2D eigenvalue weighted by atomic mass is 10.0. The van der Waals surface area contributed by atoms with Crippen LogP contribution in [0, 0.1) is 17.8 Å². The van der Waals surface area contributed by atoms with E-state index in [0.717, 1.165) is 22.6 Å². The van der Waals surface area contributed by atoms with E-state index in [1.54, 1.807) is 11.3 Å². The Labute approximate surface area is 105 Å². The Kier molecular flexibility index (Phi) is 2.99. The van der Waals surface area contributed by atoms with Gasteiger partial charge in [0.15, 0.2) is 0 Å². The monoisotopic (exact) mass is 256 g/mol. The average molecular weight is 257 g/mol. The summed E-state index contributed by atoms with van der Waals surface area (Å²) in [7, 11) is 0. The molecule has 0 amide bonds. The molecular formula is C13H17ClOS. The van der Waals surface area contributed by atoms with Gasteiger partial charge in [0.2, 0.25) is 0 Å². The van der Waals surface area contributed by atoms with Crippen molar-refractivity contribution < 1.29 is 5.11 Å². The number of hydrogen-bond donors (Lipinski definition) is 1. The number of hydrogen-bond acceptors (Lipinski definition) is 2. The average Bonchev–Trinajstić information content (AvgIpc) is 2.88. The van der Waals surface area contributed by atoms with Gasteiger partial charge in [0.25, 0.3) is 0 Å². The predicted molar refractivity (Wildman–Crippen MR) is 68.0 cm³/mol. The highest BCUT2D eigenvalue weighted by Gasteiger charge is 2.53. The summed E-state index contributed by atoms with van der Waals surface area (Å²) in [5.41, 5.74) is 0. The molecule has 2 aliphatic carbocycles. The quantitative estimate of drug-likeness (QED) is 0.874. The largest absolute Gasteiger partial charge is 0.392 e. The van der Waals surface area contributed by atoms with Crippen molar-refractivity contribution >= 4 is 22.9 Å². The fraction of sp³-hybridized carbons (Fsp3) is 0.692. The van der Waals surface area contributed by atoms with Gasteiger partial charge >= 0.3 is 0 Å². The lowest BCUT2D eigenvalue weighted by molar-refractivity contribution is 0.141. The molecule has 1 aromatic rings. The van der Waals surface area contributed by atoms with Gasteiger partial charge in [-0.15, -0.1) is 11.3 Å². The third-order valence-corrected chi connectivity index (χ3v) is 5.46. The first-order chi connectivity index (χ1) is 7.75. The van der Waals surface area contributed by atoms with E-state index in [0.29, 0.717) is 5.92 Å². The topological polar surface area (TPSA) is 20.2 Å². The van der Waals surface area contributed by atoms with Crippen molar-refractivity contribution in [3.8, 4) is 0 Å². The molecule has 1 N–H and O–H groups in total. The molecule has 16 heavy (non-hydrogen) atoms. The van der Waals surface area contributed by atoms with Crippen molar-refractivity contribution in [1.29, 1.82) is 0 Å². The Morgan fingerprint density at radius 3 is 2.56 bits per heavy atom. The molecule has 3 heteroatoms. The van der Waals surface area contributed by atoms with E-state index in [9.17, 15) is 5.11 Å². The van der Waals surface area contributed by atoms with E-state index in [2.05, 4.69) is 0 Å². The third-order valence-electron chi connectivity index (χ3n) is 4.21. The Balaban J connectivity index is 1.60. The second-order valence-electron chi connectivity index (χ2n) is 5.17. The lowest BCUT2D eigenvalue weighted by Gasteiger charge is -2.08. The molecule has 0 radical (unpaired) electrons. The first kappa shape index (κ1) is 11.1. The summed E-state index contributed by atoms with van der Waals surface area (Å²) in [6.45, 7) is 0. The van der Waals surface area contributed by atoms with E-state index in [-0.39, 0.29) is 6.10 Å². The van der Waals surface area contributed by atoms with Crippen molar-refractivity contribution in [2.75, 3.05) is 0 Å². The molecule has 2 fully saturated rings.